The van der Waals surface area contributed by atoms with Crippen LogP contribution in [-0.2, 0) is 18.4 Å². The summed E-state index contributed by atoms with van der Waals surface area (Å²) in [5.74, 6) is -0.650. The second-order valence-corrected chi connectivity index (χ2v) is 5.19. The van der Waals surface area contributed by atoms with E-state index in [1.54, 1.807) is 0 Å². The molecule has 0 aliphatic heterocycles. The van der Waals surface area contributed by atoms with Gasteiger partial charge in [0.25, 0.3) is 0 Å². The fourth-order valence-electron chi connectivity index (χ4n) is 2.03. The van der Waals surface area contributed by atoms with Crippen LogP contribution in [0.5, 0.6) is 0 Å². The predicted molar refractivity (Wildman–Crippen MR) is 70.2 cm³/mol. The van der Waals surface area contributed by atoms with E-state index in [2.05, 4.69) is 10.4 Å². The fourth-order valence-corrected chi connectivity index (χ4v) is 2.03. The lowest BCUT2D eigenvalue weighted by Crippen LogP contribution is -2.30. The van der Waals surface area contributed by atoms with Crippen LogP contribution >= 0.6 is 0 Å². The summed E-state index contributed by atoms with van der Waals surface area (Å²) in [7, 11) is 1.90. The molecule has 0 saturated carbocycles. The van der Waals surface area contributed by atoms with E-state index in [0.29, 0.717) is 25.4 Å². The van der Waals surface area contributed by atoms with Crippen molar-refractivity contribution in [3.63, 3.8) is 0 Å². The minimum Gasteiger partial charge on any atom is -0.481 e. The number of aryl methyl sites for hydroxylation is 2. The maximum Gasteiger partial charge on any atom is 0.307 e. The standard InChI is InChI=1S/C13H23N3O2/c1-9(2)5-11(13(17)18)7-14-8-12-10(3)6-15-16(12)4/h6,9,11,14H,5,7-8H2,1-4H3,(H,17,18). The maximum atomic E-state index is 11.1. The smallest absolute Gasteiger partial charge is 0.307 e. The summed E-state index contributed by atoms with van der Waals surface area (Å²) in [5.41, 5.74) is 2.23. The van der Waals surface area contributed by atoms with Crippen molar-refractivity contribution in [1.29, 1.82) is 0 Å². The van der Waals surface area contributed by atoms with Gasteiger partial charge in [0.2, 0.25) is 0 Å². The Kier molecular flexibility index (Phi) is 5.34. The Hall–Kier alpha value is -1.36. The summed E-state index contributed by atoms with van der Waals surface area (Å²) in [4.78, 5) is 11.1. The van der Waals surface area contributed by atoms with Crippen LogP contribution in [-0.4, -0.2) is 27.4 Å². The Morgan fingerprint density at radius 3 is 2.67 bits per heavy atom. The molecule has 0 spiro atoms. The van der Waals surface area contributed by atoms with Gasteiger partial charge in [0.15, 0.2) is 0 Å². The van der Waals surface area contributed by atoms with Crippen molar-refractivity contribution in [3.05, 3.63) is 17.5 Å². The number of carboxylic acid groups (broad SMARTS) is 1. The number of aliphatic carboxylic acids is 1. The van der Waals surface area contributed by atoms with Crippen molar-refractivity contribution in [1.82, 2.24) is 15.1 Å². The fraction of sp³-hybridized carbons (Fsp3) is 0.692. The van der Waals surface area contributed by atoms with E-state index in [-0.39, 0.29) is 5.92 Å². The number of carboxylic acids is 1. The number of nitrogens with zero attached hydrogens (tertiary/aromatic N) is 2. The number of hydrogen-bond donors (Lipinski definition) is 2. The van der Waals surface area contributed by atoms with Crippen LogP contribution in [0.15, 0.2) is 6.20 Å². The lowest BCUT2D eigenvalue weighted by molar-refractivity contribution is -0.142. The van der Waals surface area contributed by atoms with Crippen LogP contribution in [0.3, 0.4) is 0 Å². The second-order valence-electron chi connectivity index (χ2n) is 5.19. The highest BCUT2D eigenvalue weighted by Crippen LogP contribution is 2.12. The average molecular weight is 253 g/mol. The molecule has 18 heavy (non-hydrogen) atoms. The van der Waals surface area contributed by atoms with Crippen LogP contribution in [0.1, 0.15) is 31.5 Å². The second kappa shape index (κ2) is 6.54. The van der Waals surface area contributed by atoms with Crippen molar-refractivity contribution in [2.75, 3.05) is 6.54 Å². The summed E-state index contributed by atoms with van der Waals surface area (Å²) in [5, 5.41) is 16.5. The van der Waals surface area contributed by atoms with Gasteiger partial charge in [-0.15, -0.1) is 0 Å². The third-order valence-corrected chi connectivity index (χ3v) is 3.06. The van der Waals surface area contributed by atoms with Crippen LogP contribution in [0.25, 0.3) is 0 Å². The largest absolute Gasteiger partial charge is 0.481 e. The molecule has 0 aromatic carbocycles. The molecule has 1 rings (SSSR count). The molecule has 0 aliphatic rings. The minimum atomic E-state index is -0.724. The summed E-state index contributed by atoms with van der Waals surface area (Å²) in [6.07, 6.45) is 2.52. The van der Waals surface area contributed by atoms with Gasteiger partial charge in [-0.05, 0) is 24.8 Å². The summed E-state index contributed by atoms with van der Waals surface area (Å²) < 4.78 is 1.82. The molecule has 102 valence electrons. The molecule has 2 N–H and O–H groups in total. The highest BCUT2D eigenvalue weighted by Gasteiger charge is 2.18. The molecule has 0 bridgehead atoms. The first-order valence-corrected chi connectivity index (χ1v) is 6.32. The topological polar surface area (TPSA) is 67.2 Å². The molecule has 1 unspecified atom stereocenters. The van der Waals surface area contributed by atoms with E-state index >= 15 is 0 Å². The first-order chi connectivity index (χ1) is 8.41. The summed E-state index contributed by atoms with van der Waals surface area (Å²) in [6, 6.07) is 0. The van der Waals surface area contributed by atoms with Crippen molar-refractivity contribution in [2.45, 2.75) is 33.7 Å². The zero-order valence-electron chi connectivity index (χ0n) is 11.6. The quantitative estimate of drug-likeness (QED) is 0.774. The number of carbonyl (C=O) groups is 1. The Labute approximate surface area is 108 Å². The van der Waals surface area contributed by atoms with Crippen molar-refractivity contribution >= 4 is 5.97 Å². The van der Waals surface area contributed by atoms with E-state index in [9.17, 15) is 4.79 Å². The van der Waals surface area contributed by atoms with Crippen LogP contribution in [0.2, 0.25) is 0 Å². The molecule has 5 nitrogen and oxygen atoms in total. The van der Waals surface area contributed by atoms with Gasteiger partial charge in [0.05, 0.1) is 17.8 Å². The van der Waals surface area contributed by atoms with E-state index in [0.717, 1.165) is 11.3 Å². The first kappa shape index (κ1) is 14.7. The van der Waals surface area contributed by atoms with E-state index in [1.165, 1.54) is 0 Å². The van der Waals surface area contributed by atoms with Gasteiger partial charge in [0, 0.05) is 20.1 Å². The first-order valence-electron chi connectivity index (χ1n) is 6.32. The number of aromatic nitrogens is 2. The molecule has 0 fully saturated rings. The monoisotopic (exact) mass is 253 g/mol. The van der Waals surface area contributed by atoms with Gasteiger partial charge in [-0.1, -0.05) is 13.8 Å². The Morgan fingerprint density at radius 2 is 2.22 bits per heavy atom. The molecule has 1 aromatic rings. The van der Waals surface area contributed by atoms with Crippen molar-refractivity contribution in [3.8, 4) is 0 Å². The molecular formula is C13H23N3O2. The SMILES string of the molecule is Cc1cnn(C)c1CNCC(CC(C)C)C(=O)O. The van der Waals surface area contributed by atoms with E-state index in [1.807, 2.05) is 38.7 Å². The van der Waals surface area contributed by atoms with Gasteiger partial charge >= 0.3 is 5.97 Å². The highest BCUT2D eigenvalue weighted by atomic mass is 16.4. The molecule has 5 heteroatoms. The minimum absolute atomic E-state index is 0.321. The number of nitrogens with one attached hydrogen (secondary N) is 1. The molecule has 0 amide bonds. The number of rotatable bonds is 7. The molecule has 1 atom stereocenters. The van der Waals surface area contributed by atoms with Gasteiger partial charge < -0.3 is 10.4 Å². The van der Waals surface area contributed by atoms with Crippen LogP contribution in [0.4, 0.5) is 0 Å². The Morgan fingerprint density at radius 1 is 1.56 bits per heavy atom. The lowest BCUT2D eigenvalue weighted by atomic mass is 9.97. The zero-order chi connectivity index (χ0) is 13.7. The number of hydrogen-bond acceptors (Lipinski definition) is 3. The molecule has 1 heterocycles. The van der Waals surface area contributed by atoms with Gasteiger partial charge in [-0.3, -0.25) is 9.48 Å². The average Bonchev–Trinajstić information content (AvgIpc) is 2.58. The molecular weight excluding hydrogens is 230 g/mol. The molecule has 0 saturated heterocycles. The van der Waals surface area contributed by atoms with Crippen LogP contribution in [0, 0.1) is 18.8 Å². The molecule has 0 radical (unpaired) electrons. The zero-order valence-corrected chi connectivity index (χ0v) is 11.6. The third-order valence-electron chi connectivity index (χ3n) is 3.06. The third kappa shape index (κ3) is 4.14. The maximum absolute atomic E-state index is 11.1. The highest BCUT2D eigenvalue weighted by molar-refractivity contribution is 5.70. The lowest BCUT2D eigenvalue weighted by Gasteiger charge is -2.15. The van der Waals surface area contributed by atoms with Crippen molar-refractivity contribution in [2.24, 2.45) is 18.9 Å². The Balaban J connectivity index is 2.46. The predicted octanol–water partition coefficient (Wildman–Crippen LogP) is 1.57. The molecule has 0 aliphatic carbocycles. The normalized spacial score (nSPS) is 12.9. The van der Waals surface area contributed by atoms with E-state index < -0.39 is 5.97 Å². The van der Waals surface area contributed by atoms with E-state index in [4.69, 9.17) is 5.11 Å². The van der Waals surface area contributed by atoms with Crippen LogP contribution < -0.4 is 5.32 Å². The van der Waals surface area contributed by atoms with Gasteiger partial charge in [-0.25, -0.2) is 0 Å². The van der Waals surface area contributed by atoms with Crippen molar-refractivity contribution < 1.29 is 9.90 Å². The Bertz CT molecular complexity index is 379. The summed E-state index contributed by atoms with van der Waals surface area (Å²) >= 11 is 0. The van der Waals surface area contributed by atoms with Gasteiger partial charge in [-0.2, -0.15) is 5.10 Å². The van der Waals surface area contributed by atoms with Gasteiger partial charge in [0.1, 0.15) is 0 Å². The molecule has 1 aromatic heterocycles. The summed E-state index contributed by atoms with van der Waals surface area (Å²) in [6.45, 7) is 7.25.